The van der Waals surface area contributed by atoms with Crippen LogP contribution in [-0.4, -0.2) is 19.1 Å². The Hall–Kier alpha value is -1.06. The van der Waals surface area contributed by atoms with Crippen LogP contribution in [-0.2, 0) is 16.1 Å². The van der Waals surface area contributed by atoms with Gasteiger partial charge in [0.05, 0.1) is 5.92 Å². The molecule has 1 fully saturated rings. The van der Waals surface area contributed by atoms with Crippen LogP contribution in [0.4, 0.5) is 0 Å². The normalized spacial score (nSPS) is 15.8. The van der Waals surface area contributed by atoms with Gasteiger partial charge < -0.3 is 10.1 Å². The molecule has 0 atom stereocenters. The monoisotopic (exact) mass is 225 g/mol. The molecule has 1 aliphatic rings. The molecule has 0 aliphatic carbocycles. The van der Waals surface area contributed by atoms with Crippen molar-refractivity contribution in [2.24, 2.45) is 5.92 Å². The molecule has 0 radical (unpaired) electrons. The number of esters is 1. The molecule has 0 unspecified atom stereocenters. The molecule has 0 aromatic heterocycles. The summed E-state index contributed by atoms with van der Waals surface area (Å²) in [5, 5.41) is 3.69. The van der Waals surface area contributed by atoms with Crippen molar-refractivity contribution in [2.45, 2.75) is 6.61 Å². The predicted molar refractivity (Wildman–Crippen MR) is 57.6 cm³/mol. The fourth-order valence-corrected chi connectivity index (χ4v) is 1.57. The Kier molecular flexibility index (Phi) is 3.23. The third-order valence-electron chi connectivity index (χ3n) is 2.38. The zero-order valence-electron chi connectivity index (χ0n) is 8.20. The number of ether oxygens (including phenoxy) is 1. The Morgan fingerprint density at radius 2 is 2.33 bits per heavy atom. The van der Waals surface area contributed by atoms with Gasteiger partial charge in [-0.15, -0.1) is 0 Å². The zero-order valence-corrected chi connectivity index (χ0v) is 8.96. The SMILES string of the molecule is O=C(OCc1cccc(Cl)c1)C1CNC1. The van der Waals surface area contributed by atoms with E-state index in [0.29, 0.717) is 11.6 Å². The number of hydrogen-bond acceptors (Lipinski definition) is 3. The van der Waals surface area contributed by atoms with Gasteiger partial charge in [-0.3, -0.25) is 4.79 Å². The highest BCUT2D eigenvalue weighted by atomic mass is 35.5. The lowest BCUT2D eigenvalue weighted by Crippen LogP contribution is -2.47. The lowest BCUT2D eigenvalue weighted by Gasteiger charge is -2.24. The summed E-state index contributed by atoms with van der Waals surface area (Å²) < 4.78 is 5.15. The molecule has 80 valence electrons. The minimum atomic E-state index is -0.131. The van der Waals surface area contributed by atoms with E-state index in [2.05, 4.69) is 5.32 Å². The van der Waals surface area contributed by atoms with Gasteiger partial charge in [0, 0.05) is 18.1 Å². The third-order valence-corrected chi connectivity index (χ3v) is 2.62. The number of halogens is 1. The second-order valence-electron chi connectivity index (χ2n) is 3.59. The van der Waals surface area contributed by atoms with Crippen LogP contribution in [0, 0.1) is 5.92 Å². The van der Waals surface area contributed by atoms with Gasteiger partial charge in [0.2, 0.25) is 0 Å². The maximum atomic E-state index is 11.4. The molecule has 1 aromatic carbocycles. The van der Waals surface area contributed by atoms with E-state index in [9.17, 15) is 4.79 Å². The van der Waals surface area contributed by atoms with Crippen LogP contribution < -0.4 is 5.32 Å². The summed E-state index contributed by atoms with van der Waals surface area (Å²) in [5.74, 6) is -0.0992. The highest BCUT2D eigenvalue weighted by Crippen LogP contribution is 2.13. The van der Waals surface area contributed by atoms with Crippen LogP contribution in [0.1, 0.15) is 5.56 Å². The molecule has 0 amide bonds. The second-order valence-corrected chi connectivity index (χ2v) is 4.03. The van der Waals surface area contributed by atoms with E-state index in [4.69, 9.17) is 16.3 Å². The molecule has 1 aliphatic heterocycles. The molecule has 1 N–H and O–H groups in total. The molecule has 1 aromatic rings. The summed E-state index contributed by atoms with van der Waals surface area (Å²) in [4.78, 5) is 11.4. The Bertz CT molecular complexity index is 363. The molecule has 0 bridgehead atoms. The van der Waals surface area contributed by atoms with Crippen molar-refractivity contribution in [1.29, 1.82) is 0 Å². The minimum absolute atomic E-state index is 0.0317. The molecular weight excluding hydrogens is 214 g/mol. The molecule has 0 saturated carbocycles. The number of benzene rings is 1. The molecule has 3 nitrogen and oxygen atoms in total. The van der Waals surface area contributed by atoms with Crippen molar-refractivity contribution in [3.63, 3.8) is 0 Å². The maximum absolute atomic E-state index is 11.4. The maximum Gasteiger partial charge on any atom is 0.311 e. The van der Waals surface area contributed by atoms with Crippen LogP contribution in [0.15, 0.2) is 24.3 Å². The Balaban J connectivity index is 1.84. The molecule has 2 rings (SSSR count). The van der Waals surface area contributed by atoms with Gasteiger partial charge in [-0.1, -0.05) is 23.7 Å². The van der Waals surface area contributed by atoms with Crippen molar-refractivity contribution >= 4 is 17.6 Å². The fraction of sp³-hybridized carbons (Fsp3) is 0.364. The van der Waals surface area contributed by atoms with Crippen molar-refractivity contribution in [3.8, 4) is 0 Å². The van der Waals surface area contributed by atoms with Gasteiger partial charge in [0.25, 0.3) is 0 Å². The number of hydrogen-bond donors (Lipinski definition) is 1. The zero-order chi connectivity index (χ0) is 10.7. The molecule has 15 heavy (non-hydrogen) atoms. The Labute approximate surface area is 93.4 Å². The number of carbonyl (C=O) groups is 1. The average molecular weight is 226 g/mol. The van der Waals surface area contributed by atoms with E-state index in [1.807, 2.05) is 12.1 Å². The van der Waals surface area contributed by atoms with Gasteiger partial charge in [-0.05, 0) is 17.7 Å². The lowest BCUT2D eigenvalue weighted by molar-refractivity contribution is -0.151. The van der Waals surface area contributed by atoms with Crippen molar-refractivity contribution in [3.05, 3.63) is 34.9 Å². The first-order valence-corrected chi connectivity index (χ1v) is 5.25. The third kappa shape index (κ3) is 2.70. The van der Waals surface area contributed by atoms with Crippen LogP contribution in [0.5, 0.6) is 0 Å². The predicted octanol–water partition coefficient (Wildman–Crippen LogP) is 1.60. The van der Waals surface area contributed by atoms with Crippen molar-refractivity contribution in [1.82, 2.24) is 5.32 Å². The minimum Gasteiger partial charge on any atom is -0.461 e. The number of carbonyl (C=O) groups excluding carboxylic acids is 1. The van der Waals surface area contributed by atoms with Crippen LogP contribution in [0.2, 0.25) is 5.02 Å². The first-order valence-electron chi connectivity index (χ1n) is 4.87. The van der Waals surface area contributed by atoms with Crippen molar-refractivity contribution < 1.29 is 9.53 Å². The summed E-state index contributed by atoms with van der Waals surface area (Å²) >= 11 is 5.81. The summed E-state index contributed by atoms with van der Waals surface area (Å²) in [6.07, 6.45) is 0. The van der Waals surface area contributed by atoms with Gasteiger partial charge in [-0.25, -0.2) is 0 Å². The number of rotatable bonds is 3. The van der Waals surface area contributed by atoms with E-state index in [0.717, 1.165) is 18.7 Å². The van der Waals surface area contributed by atoms with Crippen molar-refractivity contribution in [2.75, 3.05) is 13.1 Å². The molecule has 4 heteroatoms. The summed E-state index contributed by atoms with van der Waals surface area (Å²) in [6.45, 7) is 1.76. The van der Waals surface area contributed by atoms with E-state index in [1.54, 1.807) is 12.1 Å². The fourth-order valence-electron chi connectivity index (χ4n) is 1.35. The summed E-state index contributed by atoms with van der Waals surface area (Å²) in [5.41, 5.74) is 0.920. The van der Waals surface area contributed by atoms with E-state index in [-0.39, 0.29) is 11.9 Å². The number of nitrogens with one attached hydrogen (secondary N) is 1. The highest BCUT2D eigenvalue weighted by Gasteiger charge is 2.26. The van der Waals surface area contributed by atoms with Gasteiger partial charge in [0.1, 0.15) is 6.61 Å². The summed E-state index contributed by atoms with van der Waals surface area (Å²) in [6, 6.07) is 7.32. The van der Waals surface area contributed by atoms with E-state index < -0.39 is 0 Å². The largest absolute Gasteiger partial charge is 0.461 e. The smallest absolute Gasteiger partial charge is 0.311 e. The van der Waals surface area contributed by atoms with Crippen LogP contribution in [0.3, 0.4) is 0 Å². The van der Waals surface area contributed by atoms with Gasteiger partial charge >= 0.3 is 5.97 Å². The molecule has 1 heterocycles. The Morgan fingerprint density at radius 1 is 1.53 bits per heavy atom. The van der Waals surface area contributed by atoms with Gasteiger partial charge in [-0.2, -0.15) is 0 Å². The lowest BCUT2D eigenvalue weighted by atomic mass is 10.0. The highest BCUT2D eigenvalue weighted by molar-refractivity contribution is 6.30. The quantitative estimate of drug-likeness (QED) is 0.795. The first kappa shape index (κ1) is 10.5. The van der Waals surface area contributed by atoms with E-state index >= 15 is 0 Å². The van der Waals surface area contributed by atoms with E-state index in [1.165, 1.54) is 0 Å². The topological polar surface area (TPSA) is 38.3 Å². The molecule has 1 saturated heterocycles. The first-order chi connectivity index (χ1) is 7.25. The Morgan fingerprint density at radius 3 is 2.93 bits per heavy atom. The standard InChI is InChI=1S/C11H12ClNO2/c12-10-3-1-2-8(4-10)7-15-11(14)9-5-13-6-9/h1-4,9,13H,5-7H2. The molecular formula is C11H12ClNO2. The second kappa shape index (κ2) is 4.64. The van der Waals surface area contributed by atoms with Crippen LogP contribution >= 0.6 is 11.6 Å². The van der Waals surface area contributed by atoms with Crippen LogP contribution in [0.25, 0.3) is 0 Å². The molecule has 0 spiro atoms. The average Bonchev–Trinajstić information content (AvgIpc) is 2.12. The van der Waals surface area contributed by atoms with Gasteiger partial charge in [0.15, 0.2) is 0 Å². The summed E-state index contributed by atoms with van der Waals surface area (Å²) in [7, 11) is 0.